The van der Waals surface area contributed by atoms with Crippen LogP contribution in [0, 0.1) is 6.92 Å². The summed E-state index contributed by atoms with van der Waals surface area (Å²) < 4.78 is 4.63. The summed E-state index contributed by atoms with van der Waals surface area (Å²) in [4.78, 5) is 15.6. The number of ether oxygens (including phenoxy) is 1. The summed E-state index contributed by atoms with van der Waals surface area (Å²) in [5, 5.41) is 1.12. The number of nitrogens with zero attached hydrogens (tertiary/aromatic N) is 1. The Labute approximate surface area is 94.1 Å². The van der Waals surface area contributed by atoms with E-state index in [0.29, 0.717) is 0 Å². The van der Waals surface area contributed by atoms with Gasteiger partial charge in [0.2, 0.25) is 0 Å². The van der Waals surface area contributed by atoms with Crippen LogP contribution < -0.4 is 0 Å². The number of pyridine rings is 1. The van der Waals surface area contributed by atoms with E-state index in [1.165, 1.54) is 7.11 Å². The fraction of sp³-hybridized carbons (Fsp3) is 0.231. The maximum atomic E-state index is 11.2. The molecular formula is C13H13NO2. The summed E-state index contributed by atoms with van der Waals surface area (Å²) in [5.41, 5.74) is 2.80. The maximum absolute atomic E-state index is 11.2. The van der Waals surface area contributed by atoms with Crippen LogP contribution in [0.25, 0.3) is 10.9 Å². The van der Waals surface area contributed by atoms with E-state index in [4.69, 9.17) is 0 Å². The molecule has 16 heavy (non-hydrogen) atoms. The van der Waals surface area contributed by atoms with E-state index in [-0.39, 0.29) is 12.4 Å². The largest absolute Gasteiger partial charge is 0.469 e. The predicted octanol–water partition coefficient (Wildman–Crippen LogP) is 2.26. The normalized spacial score (nSPS) is 10.4. The summed E-state index contributed by atoms with van der Waals surface area (Å²) in [5.74, 6) is -0.262. The fourth-order valence-corrected chi connectivity index (χ4v) is 1.73. The van der Waals surface area contributed by atoms with Crippen molar-refractivity contribution in [1.82, 2.24) is 4.98 Å². The highest BCUT2D eigenvalue weighted by molar-refractivity contribution is 5.83. The average molecular weight is 215 g/mol. The summed E-state index contributed by atoms with van der Waals surface area (Å²) in [6.07, 6.45) is 0.224. The van der Waals surface area contributed by atoms with Crippen LogP contribution in [0.4, 0.5) is 0 Å². The van der Waals surface area contributed by atoms with Gasteiger partial charge in [0.05, 0.1) is 24.7 Å². The molecule has 0 spiro atoms. The van der Waals surface area contributed by atoms with Crippen LogP contribution in [0.2, 0.25) is 0 Å². The van der Waals surface area contributed by atoms with Gasteiger partial charge in [-0.05, 0) is 24.6 Å². The first kappa shape index (κ1) is 10.6. The van der Waals surface area contributed by atoms with Crippen molar-refractivity contribution < 1.29 is 9.53 Å². The Hall–Kier alpha value is -1.90. The first-order valence-corrected chi connectivity index (χ1v) is 5.13. The van der Waals surface area contributed by atoms with Crippen LogP contribution in [0.5, 0.6) is 0 Å². The molecule has 0 fully saturated rings. The highest BCUT2D eigenvalue weighted by atomic mass is 16.5. The molecule has 0 aliphatic heterocycles. The highest BCUT2D eigenvalue weighted by Gasteiger charge is 2.06. The zero-order valence-corrected chi connectivity index (χ0v) is 9.36. The third-order valence-corrected chi connectivity index (χ3v) is 2.53. The van der Waals surface area contributed by atoms with Gasteiger partial charge in [-0.1, -0.05) is 18.2 Å². The summed E-state index contributed by atoms with van der Waals surface area (Å²) in [6, 6.07) is 9.83. The van der Waals surface area contributed by atoms with Crippen molar-refractivity contribution in [2.75, 3.05) is 7.11 Å². The smallest absolute Gasteiger partial charge is 0.311 e. The van der Waals surface area contributed by atoms with E-state index in [1.807, 2.05) is 37.3 Å². The number of rotatable bonds is 2. The second-order valence-electron chi connectivity index (χ2n) is 3.70. The van der Waals surface area contributed by atoms with Gasteiger partial charge in [-0.15, -0.1) is 0 Å². The molecule has 0 aliphatic rings. The molecule has 0 N–H and O–H groups in total. The van der Waals surface area contributed by atoms with E-state index in [1.54, 1.807) is 0 Å². The van der Waals surface area contributed by atoms with Crippen LogP contribution in [-0.2, 0) is 16.0 Å². The highest BCUT2D eigenvalue weighted by Crippen LogP contribution is 2.17. The monoisotopic (exact) mass is 215 g/mol. The molecule has 1 heterocycles. The lowest BCUT2D eigenvalue weighted by molar-refractivity contribution is -0.139. The van der Waals surface area contributed by atoms with Crippen molar-refractivity contribution in [1.29, 1.82) is 0 Å². The summed E-state index contributed by atoms with van der Waals surface area (Å²) in [7, 11) is 1.39. The van der Waals surface area contributed by atoms with Crippen LogP contribution in [0.1, 0.15) is 11.3 Å². The number of carbonyl (C=O) groups excluding carboxylic acids is 1. The number of hydrogen-bond acceptors (Lipinski definition) is 3. The zero-order valence-electron chi connectivity index (χ0n) is 9.36. The third-order valence-electron chi connectivity index (χ3n) is 2.53. The van der Waals surface area contributed by atoms with Gasteiger partial charge in [0.1, 0.15) is 0 Å². The molecule has 1 aromatic carbocycles. The Bertz CT molecular complexity index is 534. The Morgan fingerprint density at radius 3 is 2.88 bits per heavy atom. The Morgan fingerprint density at radius 1 is 1.38 bits per heavy atom. The van der Waals surface area contributed by atoms with Crippen molar-refractivity contribution in [2.45, 2.75) is 13.3 Å². The molecule has 3 heteroatoms. The number of para-hydroxylation sites is 1. The molecule has 0 amide bonds. The quantitative estimate of drug-likeness (QED) is 0.721. The standard InChI is InChI=1S/C13H13NO2/c1-9-7-10(8-13(15)16-2)14-12-6-4-3-5-11(9)12/h3-7H,8H2,1-2H3. The summed E-state index contributed by atoms with van der Waals surface area (Å²) >= 11 is 0. The number of methoxy groups -OCH3 is 1. The molecule has 0 saturated heterocycles. The molecule has 2 aromatic rings. The van der Waals surface area contributed by atoms with Crippen LogP contribution in [0.15, 0.2) is 30.3 Å². The molecule has 0 unspecified atom stereocenters. The zero-order chi connectivity index (χ0) is 11.5. The number of benzene rings is 1. The first-order valence-electron chi connectivity index (χ1n) is 5.13. The maximum Gasteiger partial charge on any atom is 0.311 e. The van der Waals surface area contributed by atoms with Crippen LogP contribution >= 0.6 is 0 Å². The lowest BCUT2D eigenvalue weighted by atomic mass is 10.1. The SMILES string of the molecule is COC(=O)Cc1cc(C)c2ccccc2n1. The number of esters is 1. The number of hydrogen-bond donors (Lipinski definition) is 0. The van der Waals surface area contributed by atoms with Gasteiger partial charge < -0.3 is 4.74 Å². The second-order valence-corrected chi connectivity index (χ2v) is 3.70. The number of aryl methyl sites for hydroxylation is 1. The molecule has 0 bridgehead atoms. The molecule has 0 saturated carbocycles. The topological polar surface area (TPSA) is 39.2 Å². The fourth-order valence-electron chi connectivity index (χ4n) is 1.73. The van der Waals surface area contributed by atoms with Gasteiger partial charge in [0, 0.05) is 5.39 Å². The number of carbonyl (C=O) groups is 1. The lowest BCUT2D eigenvalue weighted by Gasteiger charge is -2.05. The van der Waals surface area contributed by atoms with Gasteiger partial charge in [0.25, 0.3) is 0 Å². The second kappa shape index (κ2) is 4.31. The van der Waals surface area contributed by atoms with Crippen LogP contribution in [0.3, 0.4) is 0 Å². The van der Waals surface area contributed by atoms with E-state index < -0.39 is 0 Å². The summed E-state index contributed by atoms with van der Waals surface area (Å²) in [6.45, 7) is 2.02. The predicted molar refractivity (Wildman–Crippen MR) is 62.2 cm³/mol. The number of aromatic nitrogens is 1. The Balaban J connectivity index is 2.45. The molecule has 2 rings (SSSR count). The van der Waals surface area contributed by atoms with Gasteiger partial charge in [0.15, 0.2) is 0 Å². The van der Waals surface area contributed by atoms with E-state index in [0.717, 1.165) is 22.2 Å². The average Bonchev–Trinajstić information content (AvgIpc) is 2.29. The molecule has 3 nitrogen and oxygen atoms in total. The van der Waals surface area contributed by atoms with Crippen molar-refractivity contribution in [3.63, 3.8) is 0 Å². The molecule has 0 atom stereocenters. The molecular weight excluding hydrogens is 202 g/mol. The van der Waals surface area contributed by atoms with Crippen LogP contribution in [-0.4, -0.2) is 18.1 Å². The van der Waals surface area contributed by atoms with Crippen molar-refractivity contribution >= 4 is 16.9 Å². The van der Waals surface area contributed by atoms with E-state index in [9.17, 15) is 4.79 Å². The van der Waals surface area contributed by atoms with Gasteiger partial charge in [-0.2, -0.15) is 0 Å². The minimum absolute atomic E-state index is 0.224. The Kier molecular flexibility index (Phi) is 2.86. The molecule has 1 aromatic heterocycles. The molecule has 82 valence electrons. The van der Waals surface area contributed by atoms with Crippen molar-refractivity contribution in [3.8, 4) is 0 Å². The minimum Gasteiger partial charge on any atom is -0.469 e. The lowest BCUT2D eigenvalue weighted by Crippen LogP contribution is -2.06. The first-order chi connectivity index (χ1) is 7.70. The number of fused-ring (bicyclic) bond motifs is 1. The van der Waals surface area contributed by atoms with Gasteiger partial charge >= 0.3 is 5.97 Å². The van der Waals surface area contributed by atoms with Crippen molar-refractivity contribution in [2.24, 2.45) is 0 Å². The molecule has 0 aliphatic carbocycles. The van der Waals surface area contributed by atoms with E-state index in [2.05, 4.69) is 9.72 Å². The van der Waals surface area contributed by atoms with Crippen molar-refractivity contribution in [3.05, 3.63) is 41.6 Å². The van der Waals surface area contributed by atoms with Gasteiger partial charge in [-0.3, -0.25) is 9.78 Å². The van der Waals surface area contributed by atoms with E-state index >= 15 is 0 Å². The molecule has 0 radical (unpaired) electrons. The Morgan fingerprint density at radius 2 is 2.12 bits per heavy atom. The van der Waals surface area contributed by atoms with Gasteiger partial charge in [-0.25, -0.2) is 0 Å². The minimum atomic E-state index is -0.262. The third kappa shape index (κ3) is 2.03.